The van der Waals surface area contributed by atoms with Crippen molar-refractivity contribution in [1.29, 1.82) is 0 Å². The van der Waals surface area contributed by atoms with E-state index in [0.29, 0.717) is 11.1 Å². The molecule has 3 aromatic carbocycles. The minimum absolute atomic E-state index is 0.0733. The van der Waals surface area contributed by atoms with E-state index in [0.717, 1.165) is 44.3 Å². The van der Waals surface area contributed by atoms with E-state index in [4.69, 9.17) is 21.9 Å². The average molecular weight is 424 g/mol. The maximum atomic E-state index is 8.89. The lowest BCUT2D eigenvalue weighted by atomic mass is 10.1. The topological polar surface area (TPSA) is 149 Å². The first-order chi connectivity index (χ1) is 15.6. The van der Waals surface area contributed by atoms with Crippen LogP contribution in [0.1, 0.15) is 11.1 Å². The van der Waals surface area contributed by atoms with Crippen LogP contribution < -0.4 is 11.5 Å². The van der Waals surface area contributed by atoms with Crippen LogP contribution in [0.3, 0.4) is 0 Å². The van der Waals surface area contributed by atoms with E-state index < -0.39 is 0 Å². The van der Waals surface area contributed by atoms with Crippen molar-refractivity contribution in [2.45, 2.75) is 0 Å². The summed E-state index contributed by atoms with van der Waals surface area (Å²) in [6.07, 6.45) is 0. The Kier molecular flexibility index (Phi) is 4.52. The van der Waals surface area contributed by atoms with Gasteiger partial charge in [-0.2, -0.15) is 0 Å². The molecular weight excluding hydrogens is 404 g/mol. The summed E-state index contributed by atoms with van der Waals surface area (Å²) < 4.78 is 0. The molecule has 32 heavy (non-hydrogen) atoms. The van der Waals surface area contributed by atoms with Crippen molar-refractivity contribution in [3.63, 3.8) is 0 Å². The molecule has 0 saturated heterocycles. The molecule has 5 aromatic rings. The Morgan fingerprint density at radius 3 is 1.38 bits per heavy atom. The van der Waals surface area contributed by atoms with Crippen LogP contribution in [0, 0.1) is 0 Å². The first-order valence-electron chi connectivity index (χ1n) is 9.88. The highest BCUT2D eigenvalue weighted by atomic mass is 16.4. The van der Waals surface area contributed by atoms with Gasteiger partial charge in [-0.15, -0.1) is 0 Å². The molecule has 0 aliphatic heterocycles. The van der Waals surface area contributed by atoms with Gasteiger partial charge in [-0.25, -0.2) is 0 Å². The summed E-state index contributed by atoms with van der Waals surface area (Å²) in [6.45, 7) is 0. The lowest BCUT2D eigenvalue weighted by Crippen LogP contribution is -2.12. The lowest BCUT2D eigenvalue weighted by molar-refractivity contribution is 0.318. The van der Waals surface area contributed by atoms with Crippen molar-refractivity contribution < 1.29 is 10.4 Å². The molecule has 0 amide bonds. The summed E-state index contributed by atoms with van der Waals surface area (Å²) in [5, 5.41) is 26.0. The van der Waals surface area contributed by atoms with Gasteiger partial charge in [0.15, 0.2) is 11.7 Å². The number of hydrogen-bond donors (Lipinski definition) is 6. The van der Waals surface area contributed by atoms with Crippen LogP contribution in [-0.4, -0.2) is 32.1 Å². The van der Waals surface area contributed by atoms with Gasteiger partial charge >= 0.3 is 0 Å². The number of nitrogens with zero attached hydrogens (tertiary/aromatic N) is 2. The van der Waals surface area contributed by atoms with Crippen LogP contribution in [0.15, 0.2) is 83.1 Å². The summed E-state index contributed by atoms with van der Waals surface area (Å²) in [6, 6.07) is 23.6. The number of nitrogens with two attached hydrogens (primary N) is 2. The number of H-pyrrole nitrogens is 2. The SMILES string of the molecule is N/C(=N/O)c1ccc2cc(-c3ccc(-c4cc5ccc(/C(N)=N\O)cc5[nH]4)cc3)[nH]c2c1. The Bertz CT molecular complexity index is 1390. The van der Waals surface area contributed by atoms with Crippen LogP contribution in [0.25, 0.3) is 44.3 Å². The highest BCUT2D eigenvalue weighted by Gasteiger charge is 2.09. The molecule has 2 heterocycles. The molecule has 0 radical (unpaired) electrons. The van der Waals surface area contributed by atoms with Crippen LogP contribution in [0.5, 0.6) is 0 Å². The van der Waals surface area contributed by atoms with Gasteiger partial charge in [0.25, 0.3) is 0 Å². The van der Waals surface area contributed by atoms with Gasteiger partial charge in [0.1, 0.15) is 0 Å². The van der Waals surface area contributed by atoms with E-state index in [2.05, 4.69) is 56.7 Å². The first kappa shape index (κ1) is 19.3. The number of benzene rings is 3. The number of oxime groups is 2. The smallest absolute Gasteiger partial charge is 0.170 e. The van der Waals surface area contributed by atoms with E-state index in [1.165, 1.54) is 0 Å². The highest BCUT2D eigenvalue weighted by Crippen LogP contribution is 2.29. The quantitative estimate of drug-likeness (QED) is 0.111. The second-order valence-electron chi connectivity index (χ2n) is 7.52. The Hall–Kier alpha value is -4.72. The molecular formula is C24H20N6O2. The molecule has 0 fully saturated rings. The molecule has 8 heteroatoms. The fraction of sp³-hybridized carbons (Fsp3) is 0. The Labute approximate surface area is 182 Å². The molecule has 0 aliphatic carbocycles. The van der Waals surface area contributed by atoms with Crippen molar-refractivity contribution in [3.8, 4) is 22.5 Å². The number of aromatic amines is 2. The van der Waals surface area contributed by atoms with Gasteiger partial charge in [-0.05, 0) is 35.4 Å². The fourth-order valence-electron chi connectivity index (χ4n) is 3.83. The van der Waals surface area contributed by atoms with Crippen molar-refractivity contribution in [2.75, 3.05) is 0 Å². The zero-order valence-corrected chi connectivity index (χ0v) is 16.9. The number of amidine groups is 2. The van der Waals surface area contributed by atoms with E-state index in [-0.39, 0.29) is 11.7 Å². The second-order valence-corrected chi connectivity index (χ2v) is 7.52. The van der Waals surface area contributed by atoms with Crippen molar-refractivity contribution in [2.24, 2.45) is 21.8 Å². The number of rotatable bonds is 4. The fourth-order valence-corrected chi connectivity index (χ4v) is 3.83. The van der Waals surface area contributed by atoms with E-state index >= 15 is 0 Å². The minimum Gasteiger partial charge on any atom is -0.409 e. The van der Waals surface area contributed by atoms with Gasteiger partial charge in [-0.1, -0.05) is 58.8 Å². The van der Waals surface area contributed by atoms with Gasteiger partial charge in [0.2, 0.25) is 0 Å². The zero-order valence-electron chi connectivity index (χ0n) is 16.9. The monoisotopic (exact) mass is 424 g/mol. The molecule has 158 valence electrons. The number of hydrogen-bond acceptors (Lipinski definition) is 4. The molecule has 0 unspecified atom stereocenters. The number of nitrogens with one attached hydrogen (secondary N) is 2. The van der Waals surface area contributed by atoms with Crippen LogP contribution in [0.4, 0.5) is 0 Å². The molecule has 5 rings (SSSR count). The third-order valence-corrected chi connectivity index (χ3v) is 5.56. The van der Waals surface area contributed by atoms with Crippen LogP contribution in [0.2, 0.25) is 0 Å². The van der Waals surface area contributed by atoms with Crippen molar-refractivity contribution >= 4 is 33.5 Å². The first-order valence-corrected chi connectivity index (χ1v) is 9.88. The summed E-state index contributed by atoms with van der Waals surface area (Å²) in [5.41, 5.74) is 18.5. The molecule has 0 spiro atoms. The highest BCUT2D eigenvalue weighted by molar-refractivity contribution is 6.01. The molecule has 0 aliphatic rings. The average Bonchev–Trinajstić information content (AvgIpc) is 3.46. The lowest BCUT2D eigenvalue weighted by Gasteiger charge is -2.01. The summed E-state index contributed by atoms with van der Waals surface area (Å²) >= 11 is 0. The van der Waals surface area contributed by atoms with E-state index in [1.54, 1.807) is 0 Å². The minimum atomic E-state index is 0.0733. The normalized spacial score (nSPS) is 12.6. The van der Waals surface area contributed by atoms with E-state index in [1.807, 2.05) is 36.4 Å². The number of fused-ring (bicyclic) bond motifs is 2. The molecule has 8 nitrogen and oxygen atoms in total. The zero-order chi connectivity index (χ0) is 22.2. The third kappa shape index (κ3) is 3.29. The maximum absolute atomic E-state index is 8.89. The Morgan fingerprint density at radius 1 is 0.594 bits per heavy atom. The van der Waals surface area contributed by atoms with Crippen LogP contribution >= 0.6 is 0 Å². The Morgan fingerprint density at radius 2 is 1.00 bits per heavy atom. The molecule has 8 N–H and O–H groups in total. The standard InChI is InChI=1S/C24H20N6O2/c25-23(29-31)17-7-5-15-9-19(27-21(15)11-17)13-1-2-14(4-3-13)20-10-16-6-8-18(24(26)30-32)12-22(16)28-20/h1-12,27-28,31-32H,(H2,25,29)(H2,26,30). The molecule has 0 bridgehead atoms. The second kappa shape index (κ2) is 7.51. The van der Waals surface area contributed by atoms with E-state index in [9.17, 15) is 0 Å². The van der Waals surface area contributed by atoms with Gasteiger partial charge in [-0.3, -0.25) is 0 Å². The maximum Gasteiger partial charge on any atom is 0.170 e. The predicted molar refractivity (Wildman–Crippen MR) is 126 cm³/mol. The van der Waals surface area contributed by atoms with Gasteiger partial charge in [0, 0.05) is 44.3 Å². The predicted octanol–water partition coefficient (Wildman–Crippen LogP) is 4.17. The van der Waals surface area contributed by atoms with Crippen molar-refractivity contribution in [1.82, 2.24) is 9.97 Å². The summed E-state index contributed by atoms with van der Waals surface area (Å²) in [7, 11) is 0. The van der Waals surface area contributed by atoms with Gasteiger partial charge in [0.05, 0.1) is 0 Å². The van der Waals surface area contributed by atoms with Gasteiger partial charge < -0.3 is 31.8 Å². The van der Waals surface area contributed by atoms with Crippen molar-refractivity contribution in [3.05, 3.63) is 83.9 Å². The Balaban J connectivity index is 1.46. The van der Waals surface area contributed by atoms with Crippen LogP contribution in [-0.2, 0) is 0 Å². The third-order valence-electron chi connectivity index (χ3n) is 5.56. The number of aromatic nitrogens is 2. The summed E-state index contributed by atoms with van der Waals surface area (Å²) in [4.78, 5) is 6.78. The molecule has 0 saturated carbocycles. The largest absolute Gasteiger partial charge is 0.409 e. The molecule has 2 aromatic heterocycles. The molecule has 0 atom stereocenters. The summed E-state index contributed by atoms with van der Waals surface area (Å²) in [5.74, 6) is 0.147.